The van der Waals surface area contributed by atoms with Gasteiger partial charge in [-0.25, -0.2) is 34.0 Å². The molecule has 20 nitrogen and oxygen atoms in total. The van der Waals surface area contributed by atoms with Crippen LogP contribution in [0.25, 0.3) is 22.3 Å². The van der Waals surface area contributed by atoms with Crippen molar-refractivity contribution in [1.82, 2.24) is 39.0 Å². The minimum absolute atomic E-state index is 0.131. The molecule has 0 radical (unpaired) electrons. The van der Waals surface area contributed by atoms with Crippen LogP contribution in [-0.4, -0.2) is 112 Å². The van der Waals surface area contributed by atoms with E-state index in [1.807, 2.05) is 6.08 Å². The monoisotopic (exact) mass is 743 g/mol. The summed E-state index contributed by atoms with van der Waals surface area (Å²) in [5.74, 6) is 0.555. The Kier molecular flexibility index (Phi) is 8.50. The lowest BCUT2D eigenvalue weighted by Gasteiger charge is -2.26. The molecule has 4 aromatic heterocycles. The maximum atomic E-state index is 13.6. The van der Waals surface area contributed by atoms with E-state index in [0.717, 1.165) is 0 Å². The molecule has 5 aliphatic heterocycles. The number of hydrogen-bond donors (Lipinski definition) is 5. The van der Waals surface area contributed by atoms with E-state index in [0.29, 0.717) is 17.9 Å². The van der Waals surface area contributed by atoms with E-state index in [2.05, 4.69) is 59.7 Å². The molecule has 0 saturated carbocycles. The summed E-state index contributed by atoms with van der Waals surface area (Å²) in [5, 5.41) is 25.8. The number of ether oxygens (including phenoxy) is 3. The van der Waals surface area contributed by atoms with Crippen molar-refractivity contribution in [2.75, 3.05) is 31.7 Å². The Balaban J connectivity index is 1.25. The zero-order chi connectivity index (χ0) is 33.2. The first-order valence-electron chi connectivity index (χ1n) is 14.4. The third-order valence-electron chi connectivity index (χ3n) is 8.04. The Labute approximate surface area is 280 Å². The predicted octanol–water partition coefficient (Wildman–Crippen LogP) is 1.44. The van der Waals surface area contributed by atoms with Crippen molar-refractivity contribution in [2.45, 2.75) is 49.1 Å². The van der Waals surface area contributed by atoms with Crippen LogP contribution in [0.5, 0.6) is 5.88 Å². The number of thiol groups is 2. The van der Waals surface area contributed by atoms with E-state index in [4.69, 9.17) is 32.3 Å². The Morgan fingerprint density at radius 1 is 0.771 bits per heavy atom. The summed E-state index contributed by atoms with van der Waals surface area (Å²) in [7, 11) is 0. The summed E-state index contributed by atoms with van der Waals surface area (Å²) in [5.41, 5.74) is 1.14. The zero-order valence-electron chi connectivity index (χ0n) is 24.3. The summed E-state index contributed by atoms with van der Waals surface area (Å²) in [6, 6.07) is 0. The molecular weight excluding hydrogens is 716 g/mol. The molecular formula is C24H27N9O11P2S2. The molecule has 3 saturated heterocycles. The van der Waals surface area contributed by atoms with Crippen molar-refractivity contribution in [1.29, 1.82) is 0 Å². The molecule has 0 amide bonds. The van der Waals surface area contributed by atoms with E-state index >= 15 is 0 Å². The van der Waals surface area contributed by atoms with Gasteiger partial charge in [0, 0.05) is 6.54 Å². The highest BCUT2D eigenvalue weighted by Crippen LogP contribution is 2.60. The standard InChI is InChI=1S/C24H27N9O11P2S2/c34-15-11-5-39-46(37,48)44-18-16(35)12-6-40-45(36,47)43-17(15)23(41-11)32-9-30-13-19(26-7-27-20(13)32)25-3-1-2-4-38-22-14-21(28-8-29-22)33(10-31-14)24(18)42-12/h1-2,7-12,15-18,23-24,34-35H,3-6H2,(H,36,47)(H,37,48)(H,25,26,27)/b2-1+/t11-,12?,15-,16-,17-,18-,23-,24-,45?,46?/m1/s1. The maximum absolute atomic E-state index is 13.6. The molecule has 0 spiro atoms. The van der Waals surface area contributed by atoms with Crippen LogP contribution in [0.3, 0.4) is 0 Å². The smallest absolute Gasteiger partial charge is 0.386 e. The van der Waals surface area contributed by atoms with Crippen molar-refractivity contribution >= 4 is 66.2 Å². The Hall–Kier alpha value is -2.72. The molecule has 9 rings (SSSR count). The molecule has 5 aliphatic rings. The van der Waals surface area contributed by atoms with E-state index in [1.54, 1.807) is 6.08 Å². The van der Waals surface area contributed by atoms with Crippen molar-refractivity contribution < 1.29 is 51.6 Å². The van der Waals surface area contributed by atoms with Gasteiger partial charge in [-0.3, -0.25) is 27.2 Å². The van der Waals surface area contributed by atoms with Gasteiger partial charge < -0.3 is 29.7 Å². The highest BCUT2D eigenvalue weighted by Gasteiger charge is 2.53. The molecule has 256 valence electrons. The van der Waals surface area contributed by atoms with E-state index < -0.39 is 75.9 Å². The van der Waals surface area contributed by atoms with E-state index in [9.17, 15) is 19.3 Å². The number of aliphatic hydroxyl groups excluding tert-OH is 2. The molecule has 48 heavy (non-hydrogen) atoms. The van der Waals surface area contributed by atoms with Gasteiger partial charge in [-0.05, 0) is 6.08 Å². The van der Waals surface area contributed by atoms with Gasteiger partial charge in [0.1, 0.15) is 55.9 Å². The molecule has 3 unspecified atom stereocenters. The lowest BCUT2D eigenvalue weighted by atomic mass is 10.1. The minimum atomic E-state index is -4.31. The number of aromatic nitrogens is 8. The van der Waals surface area contributed by atoms with Gasteiger partial charge >= 0.3 is 13.6 Å². The molecule has 3 N–H and O–H groups in total. The number of hydrogen-bond acceptors (Lipinski definition) is 18. The lowest BCUT2D eigenvalue weighted by molar-refractivity contribution is -0.0584. The van der Waals surface area contributed by atoms with Crippen LogP contribution < -0.4 is 10.1 Å². The zero-order valence-corrected chi connectivity index (χ0v) is 27.9. The number of rotatable bonds is 0. The summed E-state index contributed by atoms with van der Waals surface area (Å²) >= 11 is 8.30. The molecule has 10 atom stereocenters. The molecule has 4 aromatic rings. The molecule has 14 bridgehead atoms. The van der Waals surface area contributed by atoms with Gasteiger partial charge in [0.05, 0.1) is 25.9 Å². The summed E-state index contributed by atoms with van der Waals surface area (Å²) < 4.78 is 71.0. The Morgan fingerprint density at radius 2 is 1.33 bits per heavy atom. The van der Waals surface area contributed by atoms with Gasteiger partial charge in [0.2, 0.25) is 5.88 Å². The van der Waals surface area contributed by atoms with Crippen LogP contribution in [0.15, 0.2) is 37.5 Å². The second-order valence-electron chi connectivity index (χ2n) is 11.0. The third-order valence-corrected chi connectivity index (χ3v) is 11.3. The van der Waals surface area contributed by atoms with Gasteiger partial charge in [-0.2, -0.15) is 4.98 Å². The first-order chi connectivity index (χ1) is 23.1. The first kappa shape index (κ1) is 32.5. The largest absolute Gasteiger partial charge is 0.472 e. The van der Waals surface area contributed by atoms with Gasteiger partial charge in [0.25, 0.3) is 0 Å². The van der Waals surface area contributed by atoms with E-state index in [1.165, 1.54) is 34.4 Å². The summed E-state index contributed by atoms with van der Waals surface area (Å²) in [4.78, 5) is 25.9. The van der Waals surface area contributed by atoms with Crippen molar-refractivity contribution in [3.05, 3.63) is 37.5 Å². The maximum Gasteiger partial charge on any atom is 0.386 e. The minimum Gasteiger partial charge on any atom is -0.472 e. The van der Waals surface area contributed by atoms with Crippen LogP contribution in [0.2, 0.25) is 0 Å². The highest BCUT2D eigenvalue weighted by molar-refractivity contribution is 8.44. The fourth-order valence-electron chi connectivity index (χ4n) is 5.81. The second-order valence-corrected chi connectivity index (χ2v) is 16.7. The topological polar surface area (TPSA) is 238 Å². The fourth-order valence-corrected chi connectivity index (χ4v) is 8.73. The quantitative estimate of drug-likeness (QED) is 0.0973. The first-order valence-corrected chi connectivity index (χ1v) is 19.8. The average molecular weight is 744 g/mol. The SMILES string of the molecule is O=P1(S)OCC2O[C@@H]3[C@H](OP(=O)(S)OC[C@H]4O[C@H]([C@H](O1)[C@@H]4O)n1cnc4c(ncnc41)NC/C=C/COc1ncnc4c1ncn43)[C@@H]2O. The molecule has 9 heterocycles. The third kappa shape index (κ3) is 5.92. The van der Waals surface area contributed by atoms with Gasteiger partial charge in [0.15, 0.2) is 40.6 Å². The van der Waals surface area contributed by atoms with Gasteiger partial charge in [-0.15, -0.1) is 0 Å². The number of aliphatic hydroxyl groups is 2. The number of anilines is 1. The number of imidazole rings is 2. The number of nitrogens with zero attached hydrogens (tertiary/aromatic N) is 8. The molecule has 0 aliphatic carbocycles. The van der Waals surface area contributed by atoms with Crippen LogP contribution in [-0.2, 0) is 36.7 Å². The highest BCUT2D eigenvalue weighted by atomic mass is 32.7. The average Bonchev–Trinajstić information content (AvgIpc) is 3.81. The number of fused-ring (bicyclic) bond motifs is 10. The fraction of sp³-hybridized carbons (Fsp3) is 0.500. The molecule has 0 aromatic carbocycles. The van der Waals surface area contributed by atoms with Crippen LogP contribution in [0.1, 0.15) is 12.5 Å². The van der Waals surface area contributed by atoms with Crippen LogP contribution >= 0.6 is 38.1 Å². The molecule has 24 heteroatoms. The van der Waals surface area contributed by atoms with E-state index in [-0.39, 0.29) is 29.3 Å². The predicted molar refractivity (Wildman–Crippen MR) is 168 cm³/mol. The summed E-state index contributed by atoms with van der Waals surface area (Å²) in [6.45, 7) is -9.22. The second kappa shape index (κ2) is 12.6. The summed E-state index contributed by atoms with van der Waals surface area (Å²) in [6.07, 6.45) is -1.79. The van der Waals surface area contributed by atoms with Crippen molar-refractivity contribution in [2.24, 2.45) is 0 Å². The number of nitrogens with one attached hydrogen (secondary N) is 1. The Morgan fingerprint density at radius 3 is 1.96 bits per heavy atom. The van der Waals surface area contributed by atoms with Crippen molar-refractivity contribution in [3.8, 4) is 5.88 Å². The van der Waals surface area contributed by atoms with Crippen molar-refractivity contribution in [3.63, 3.8) is 0 Å². The van der Waals surface area contributed by atoms with Crippen LogP contribution in [0, 0.1) is 0 Å². The Bertz CT molecular complexity index is 1850. The normalized spacial score (nSPS) is 38.0. The lowest BCUT2D eigenvalue weighted by Crippen LogP contribution is -2.37. The molecule has 3 fully saturated rings. The van der Waals surface area contributed by atoms with Crippen LogP contribution in [0.4, 0.5) is 5.82 Å². The van der Waals surface area contributed by atoms with Gasteiger partial charge in [-0.1, -0.05) is 30.6 Å².